The highest BCUT2D eigenvalue weighted by Gasteiger charge is 2.48. The molecule has 3 heteroatoms. The molecule has 0 aliphatic heterocycles. The van der Waals surface area contributed by atoms with Crippen LogP contribution >= 0.6 is 0 Å². The molecule has 2 aliphatic carbocycles. The average Bonchev–Trinajstić information content (AvgIpc) is 3.41. The van der Waals surface area contributed by atoms with Crippen LogP contribution in [0.3, 0.4) is 0 Å². The van der Waals surface area contributed by atoms with Gasteiger partial charge in [0.2, 0.25) is 0 Å². The van der Waals surface area contributed by atoms with E-state index in [1.54, 1.807) is 0 Å². The van der Waals surface area contributed by atoms with Gasteiger partial charge < -0.3 is 0 Å². The van der Waals surface area contributed by atoms with Gasteiger partial charge in [-0.1, -0.05) is 176 Å². The third-order valence-corrected chi connectivity index (χ3v) is 10.4. The summed E-state index contributed by atoms with van der Waals surface area (Å²) in [6.07, 6.45) is 4.53. The highest BCUT2D eigenvalue weighted by molar-refractivity contribution is 5.92. The van der Waals surface area contributed by atoms with Gasteiger partial charge >= 0.3 is 0 Å². The van der Waals surface area contributed by atoms with Gasteiger partial charge in [0.1, 0.15) is 0 Å². The lowest BCUT2D eigenvalue weighted by Gasteiger charge is -2.35. The number of hydrogen-bond acceptors (Lipinski definition) is 3. The van der Waals surface area contributed by atoms with Gasteiger partial charge in [-0.2, -0.15) is 0 Å². The second-order valence-corrected chi connectivity index (χ2v) is 13.2. The van der Waals surface area contributed by atoms with Crippen molar-refractivity contribution < 1.29 is 0 Å². The molecule has 0 fully saturated rings. The van der Waals surface area contributed by atoms with Gasteiger partial charge in [0, 0.05) is 16.7 Å². The molecule has 8 aromatic rings. The van der Waals surface area contributed by atoms with Crippen molar-refractivity contribution in [2.45, 2.75) is 5.41 Å². The van der Waals surface area contributed by atoms with E-state index in [2.05, 4.69) is 164 Å². The zero-order valence-corrected chi connectivity index (χ0v) is 27.7. The molecule has 1 heterocycles. The zero-order valence-electron chi connectivity index (χ0n) is 27.7. The van der Waals surface area contributed by atoms with Gasteiger partial charge in [-0.3, -0.25) is 0 Å². The molecule has 2 aliphatic rings. The van der Waals surface area contributed by atoms with Crippen molar-refractivity contribution in [1.82, 2.24) is 15.0 Å². The van der Waals surface area contributed by atoms with Gasteiger partial charge in [-0.25, -0.2) is 15.0 Å². The van der Waals surface area contributed by atoms with Crippen LogP contribution < -0.4 is 0 Å². The Labute approximate surface area is 297 Å². The summed E-state index contributed by atoms with van der Waals surface area (Å²) in [5, 5.41) is 0. The smallest absolute Gasteiger partial charge is 0.164 e. The lowest BCUT2D eigenvalue weighted by Crippen LogP contribution is -2.30. The van der Waals surface area contributed by atoms with Crippen LogP contribution in [0.2, 0.25) is 0 Å². The zero-order chi connectivity index (χ0) is 33.8. The maximum absolute atomic E-state index is 5.21. The largest absolute Gasteiger partial charge is 0.208 e. The predicted octanol–water partition coefficient (Wildman–Crippen LogP) is 11.4. The van der Waals surface area contributed by atoms with E-state index in [-0.39, 0.29) is 0 Å². The molecule has 0 atom stereocenters. The van der Waals surface area contributed by atoms with Crippen LogP contribution in [0.15, 0.2) is 176 Å². The molecular weight excluding hydrogens is 619 g/mol. The average molecular weight is 650 g/mol. The molecule has 0 saturated heterocycles. The second-order valence-electron chi connectivity index (χ2n) is 13.2. The fourth-order valence-corrected chi connectivity index (χ4v) is 8.11. The van der Waals surface area contributed by atoms with E-state index in [1.165, 1.54) is 44.5 Å². The summed E-state index contributed by atoms with van der Waals surface area (Å²) in [6, 6.07) is 62.4. The predicted molar refractivity (Wildman–Crippen MR) is 208 cm³/mol. The van der Waals surface area contributed by atoms with Crippen molar-refractivity contribution in [2.75, 3.05) is 0 Å². The minimum absolute atomic E-state index is 0.527. The highest BCUT2D eigenvalue weighted by Crippen LogP contribution is 2.58. The maximum Gasteiger partial charge on any atom is 0.164 e. The van der Waals surface area contributed by atoms with Crippen LogP contribution in [0.1, 0.15) is 33.4 Å². The Kier molecular flexibility index (Phi) is 6.71. The Morgan fingerprint density at radius 2 is 0.765 bits per heavy atom. The van der Waals surface area contributed by atoms with Crippen LogP contribution in [0.25, 0.3) is 68.6 Å². The van der Waals surface area contributed by atoms with Crippen LogP contribution in [0.5, 0.6) is 0 Å². The number of benzene rings is 7. The molecular formula is C48H31N3. The van der Waals surface area contributed by atoms with Crippen molar-refractivity contribution >= 4 is 12.2 Å². The summed E-state index contributed by atoms with van der Waals surface area (Å²) in [4.78, 5) is 15.4. The molecule has 1 aromatic heterocycles. The summed E-state index contributed by atoms with van der Waals surface area (Å²) in [5.74, 6) is 1.93. The molecule has 10 rings (SSSR count). The Bertz CT molecular complexity index is 2590. The number of aromatic nitrogens is 3. The molecule has 238 valence electrons. The Morgan fingerprint density at radius 1 is 0.294 bits per heavy atom. The van der Waals surface area contributed by atoms with Gasteiger partial charge in [0.05, 0.1) is 5.41 Å². The minimum atomic E-state index is -0.527. The van der Waals surface area contributed by atoms with Gasteiger partial charge in [0.25, 0.3) is 0 Å². The Hall–Kier alpha value is -6.71. The van der Waals surface area contributed by atoms with E-state index in [1.807, 2.05) is 24.3 Å². The third kappa shape index (κ3) is 4.63. The van der Waals surface area contributed by atoms with Crippen molar-refractivity contribution in [3.8, 4) is 56.4 Å². The molecule has 3 nitrogen and oxygen atoms in total. The van der Waals surface area contributed by atoms with E-state index in [0.29, 0.717) is 17.5 Å². The first-order valence-corrected chi connectivity index (χ1v) is 17.4. The van der Waals surface area contributed by atoms with Crippen LogP contribution in [0, 0.1) is 0 Å². The number of rotatable bonds is 4. The first kappa shape index (κ1) is 29.2. The van der Waals surface area contributed by atoms with E-state index >= 15 is 0 Å². The van der Waals surface area contributed by atoms with Crippen molar-refractivity contribution in [2.24, 2.45) is 0 Å². The standard InChI is InChI=1S/C48H31N3/c1-3-14-32(15-4-1)36-20-13-21-37(30-36)46-49-45(35-18-5-2-6-19-35)50-47(51-46)38-28-29-40-39-22-9-12-25-43(39)48(44(40)31-38)41-23-10-7-16-33(41)26-27-34-17-8-11-24-42(34)48/h1-31H. The number of nitrogens with zero attached hydrogens (tertiary/aromatic N) is 3. The van der Waals surface area contributed by atoms with Crippen molar-refractivity contribution in [3.05, 3.63) is 209 Å². The lowest BCUT2D eigenvalue weighted by atomic mass is 9.66. The topological polar surface area (TPSA) is 38.7 Å². The van der Waals surface area contributed by atoms with Crippen LogP contribution in [-0.4, -0.2) is 15.0 Å². The fraction of sp³-hybridized carbons (Fsp3) is 0.0208. The van der Waals surface area contributed by atoms with Gasteiger partial charge in [-0.05, 0) is 67.8 Å². The molecule has 0 unspecified atom stereocenters. The molecule has 0 amide bonds. The minimum Gasteiger partial charge on any atom is -0.208 e. The fourth-order valence-electron chi connectivity index (χ4n) is 8.11. The first-order valence-electron chi connectivity index (χ1n) is 17.4. The summed E-state index contributed by atoms with van der Waals surface area (Å²) in [5.41, 5.74) is 14.6. The number of hydrogen-bond donors (Lipinski definition) is 0. The molecule has 7 aromatic carbocycles. The van der Waals surface area contributed by atoms with Crippen LogP contribution in [0.4, 0.5) is 0 Å². The van der Waals surface area contributed by atoms with E-state index in [4.69, 9.17) is 15.0 Å². The molecule has 0 bridgehead atoms. The van der Waals surface area contributed by atoms with Crippen molar-refractivity contribution in [1.29, 1.82) is 0 Å². The van der Waals surface area contributed by atoms with E-state index in [0.717, 1.165) is 27.8 Å². The SMILES string of the molecule is C1=Cc2ccccc2C2(c3ccccc31)c1ccccc1-c1ccc(-c3nc(-c4ccccc4)nc(-c4cccc(-c5ccccc5)c4)n3)cc12. The summed E-state index contributed by atoms with van der Waals surface area (Å²) in [6.45, 7) is 0. The molecule has 0 radical (unpaired) electrons. The molecule has 0 saturated carbocycles. The normalized spacial score (nSPS) is 13.2. The monoisotopic (exact) mass is 649 g/mol. The van der Waals surface area contributed by atoms with Crippen molar-refractivity contribution in [3.63, 3.8) is 0 Å². The molecule has 0 N–H and O–H groups in total. The highest BCUT2D eigenvalue weighted by atomic mass is 15.0. The summed E-state index contributed by atoms with van der Waals surface area (Å²) in [7, 11) is 0. The quantitative estimate of drug-likeness (QED) is 0.190. The second kappa shape index (κ2) is 11.7. The summed E-state index contributed by atoms with van der Waals surface area (Å²) < 4.78 is 0. The Morgan fingerprint density at radius 3 is 1.43 bits per heavy atom. The van der Waals surface area contributed by atoms with Crippen LogP contribution in [-0.2, 0) is 5.41 Å². The first-order chi connectivity index (χ1) is 25.3. The van der Waals surface area contributed by atoms with E-state index < -0.39 is 5.41 Å². The van der Waals surface area contributed by atoms with Gasteiger partial charge in [0.15, 0.2) is 17.5 Å². The van der Waals surface area contributed by atoms with E-state index in [9.17, 15) is 0 Å². The summed E-state index contributed by atoms with van der Waals surface area (Å²) >= 11 is 0. The lowest BCUT2D eigenvalue weighted by molar-refractivity contribution is 0.766. The molecule has 1 spiro atoms. The van der Waals surface area contributed by atoms with Gasteiger partial charge in [-0.15, -0.1) is 0 Å². The third-order valence-electron chi connectivity index (χ3n) is 10.4. The number of fused-ring (bicyclic) bond motifs is 9. The molecule has 51 heavy (non-hydrogen) atoms. The maximum atomic E-state index is 5.21. The Balaban J connectivity index is 1.22.